The molecule has 4 heteroatoms. The third-order valence-electron chi connectivity index (χ3n) is 1.81. The summed E-state index contributed by atoms with van der Waals surface area (Å²) in [6.07, 6.45) is 2.38. The van der Waals surface area contributed by atoms with Gasteiger partial charge in [-0.15, -0.1) is 0 Å². The van der Waals surface area contributed by atoms with E-state index in [0.717, 1.165) is 11.4 Å². The Morgan fingerprint density at radius 3 is 2.77 bits per heavy atom. The van der Waals surface area contributed by atoms with Crippen LogP contribution in [0, 0.1) is 0 Å². The van der Waals surface area contributed by atoms with Crippen LogP contribution in [0.2, 0.25) is 0 Å². The number of hydrogen-bond donors (Lipinski definition) is 2. The van der Waals surface area contributed by atoms with E-state index in [9.17, 15) is 0 Å². The molecule has 0 aliphatic carbocycles. The summed E-state index contributed by atoms with van der Waals surface area (Å²) in [5.74, 6) is 0.803. The van der Waals surface area contributed by atoms with Crippen molar-refractivity contribution in [2.24, 2.45) is 5.16 Å². The highest BCUT2D eigenvalue weighted by Gasteiger charge is 2.01. The largest absolute Gasteiger partial charge is 0.411 e. The highest BCUT2D eigenvalue weighted by atomic mass is 16.4. The van der Waals surface area contributed by atoms with Crippen molar-refractivity contribution < 1.29 is 5.21 Å². The fourth-order valence-corrected chi connectivity index (χ4v) is 1.05. The summed E-state index contributed by atoms with van der Waals surface area (Å²) in [7, 11) is 1.81. The molecule has 0 radical (unpaired) electrons. The number of nitrogens with one attached hydrogen (secondary N) is 1. The number of hydrogen-bond acceptors (Lipinski definition) is 4. The van der Waals surface area contributed by atoms with Crippen molar-refractivity contribution in [3.05, 3.63) is 23.9 Å². The molecule has 1 rings (SSSR count). The second-order valence-electron chi connectivity index (χ2n) is 2.58. The van der Waals surface area contributed by atoms with Crippen LogP contribution in [-0.2, 0) is 0 Å². The van der Waals surface area contributed by atoms with E-state index in [2.05, 4.69) is 15.5 Å². The zero-order valence-corrected chi connectivity index (χ0v) is 7.78. The molecule has 0 fully saturated rings. The average Bonchev–Trinajstić information content (AvgIpc) is 2.21. The van der Waals surface area contributed by atoms with E-state index < -0.39 is 0 Å². The van der Waals surface area contributed by atoms with Gasteiger partial charge in [0.2, 0.25) is 0 Å². The second-order valence-corrected chi connectivity index (χ2v) is 2.58. The van der Waals surface area contributed by atoms with Gasteiger partial charge in [-0.2, -0.15) is 0 Å². The predicted molar refractivity (Wildman–Crippen MR) is 52.4 cm³/mol. The lowest BCUT2D eigenvalue weighted by Gasteiger charge is -2.02. The number of oxime groups is 1. The maximum atomic E-state index is 8.65. The highest BCUT2D eigenvalue weighted by Crippen LogP contribution is 2.06. The van der Waals surface area contributed by atoms with Crippen LogP contribution < -0.4 is 5.32 Å². The Kier molecular flexibility index (Phi) is 3.25. The van der Waals surface area contributed by atoms with E-state index in [1.165, 1.54) is 0 Å². The summed E-state index contributed by atoms with van der Waals surface area (Å²) in [6.45, 7) is 1.93. The summed E-state index contributed by atoms with van der Waals surface area (Å²) in [5, 5.41) is 14.8. The molecule has 0 unspecified atom stereocenters. The average molecular weight is 179 g/mol. The number of nitrogens with zero attached hydrogens (tertiary/aromatic N) is 2. The van der Waals surface area contributed by atoms with Crippen LogP contribution >= 0.6 is 0 Å². The van der Waals surface area contributed by atoms with Gasteiger partial charge < -0.3 is 10.5 Å². The van der Waals surface area contributed by atoms with Gasteiger partial charge in [-0.1, -0.05) is 12.1 Å². The van der Waals surface area contributed by atoms with Crippen LogP contribution in [0.25, 0.3) is 0 Å². The number of pyridine rings is 1. The van der Waals surface area contributed by atoms with Crippen molar-refractivity contribution in [1.29, 1.82) is 0 Å². The van der Waals surface area contributed by atoms with Gasteiger partial charge in [-0.25, -0.2) is 4.98 Å². The monoisotopic (exact) mass is 179 g/mol. The molecule has 0 aliphatic rings. The third kappa shape index (κ3) is 2.18. The van der Waals surface area contributed by atoms with Crippen LogP contribution in [0.5, 0.6) is 0 Å². The Balaban J connectivity index is 2.91. The number of rotatable bonds is 3. The minimum atomic E-state index is 0.648. The van der Waals surface area contributed by atoms with Gasteiger partial charge in [0.15, 0.2) is 0 Å². The molecule has 0 amide bonds. The van der Waals surface area contributed by atoms with E-state index in [1.807, 2.05) is 26.1 Å². The van der Waals surface area contributed by atoms with Crippen molar-refractivity contribution in [2.75, 3.05) is 12.4 Å². The van der Waals surface area contributed by atoms with Gasteiger partial charge in [-0.3, -0.25) is 0 Å². The van der Waals surface area contributed by atoms with Gasteiger partial charge in [0, 0.05) is 18.8 Å². The summed E-state index contributed by atoms with van der Waals surface area (Å²) in [5.41, 5.74) is 1.50. The molecular formula is C9H13N3O. The van der Waals surface area contributed by atoms with Crippen molar-refractivity contribution >= 4 is 11.5 Å². The SMILES string of the molecule is CC/C(=N\O)c1ccc(NC)nc1. The first-order valence-corrected chi connectivity index (χ1v) is 4.17. The molecule has 0 saturated heterocycles. The van der Waals surface area contributed by atoms with Crippen LogP contribution in [-0.4, -0.2) is 23.0 Å². The molecule has 0 saturated carbocycles. The summed E-state index contributed by atoms with van der Waals surface area (Å²) >= 11 is 0. The van der Waals surface area contributed by atoms with Gasteiger partial charge in [0.1, 0.15) is 5.82 Å². The molecule has 2 N–H and O–H groups in total. The van der Waals surface area contributed by atoms with Crippen LogP contribution in [0.3, 0.4) is 0 Å². The summed E-state index contributed by atoms with van der Waals surface area (Å²) in [6, 6.07) is 3.72. The topological polar surface area (TPSA) is 57.5 Å². The maximum Gasteiger partial charge on any atom is 0.125 e. The van der Waals surface area contributed by atoms with E-state index in [1.54, 1.807) is 6.20 Å². The normalized spacial score (nSPS) is 11.4. The Morgan fingerprint density at radius 1 is 1.62 bits per heavy atom. The lowest BCUT2D eigenvalue weighted by Crippen LogP contribution is -2.00. The fraction of sp³-hybridized carbons (Fsp3) is 0.333. The summed E-state index contributed by atoms with van der Waals surface area (Å²) < 4.78 is 0. The summed E-state index contributed by atoms with van der Waals surface area (Å²) in [4.78, 5) is 4.11. The second kappa shape index (κ2) is 4.45. The quantitative estimate of drug-likeness (QED) is 0.422. The zero-order chi connectivity index (χ0) is 9.68. The Morgan fingerprint density at radius 2 is 2.38 bits per heavy atom. The first-order chi connectivity index (χ1) is 6.31. The van der Waals surface area contributed by atoms with E-state index in [4.69, 9.17) is 5.21 Å². The van der Waals surface area contributed by atoms with Crippen LogP contribution in [0.1, 0.15) is 18.9 Å². The minimum Gasteiger partial charge on any atom is -0.411 e. The van der Waals surface area contributed by atoms with Gasteiger partial charge in [0.25, 0.3) is 0 Å². The molecule has 13 heavy (non-hydrogen) atoms. The molecule has 0 aliphatic heterocycles. The van der Waals surface area contributed by atoms with Crippen molar-refractivity contribution in [3.63, 3.8) is 0 Å². The molecule has 1 heterocycles. The Hall–Kier alpha value is -1.58. The number of anilines is 1. The minimum absolute atomic E-state index is 0.648. The van der Waals surface area contributed by atoms with Crippen molar-refractivity contribution in [1.82, 2.24) is 4.98 Å². The van der Waals surface area contributed by atoms with E-state index >= 15 is 0 Å². The van der Waals surface area contributed by atoms with Crippen LogP contribution in [0.15, 0.2) is 23.5 Å². The van der Waals surface area contributed by atoms with Crippen LogP contribution in [0.4, 0.5) is 5.82 Å². The van der Waals surface area contributed by atoms with E-state index in [0.29, 0.717) is 12.1 Å². The lowest BCUT2D eigenvalue weighted by atomic mass is 10.1. The van der Waals surface area contributed by atoms with Gasteiger partial charge in [-0.05, 0) is 18.6 Å². The molecule has 0 bridgehead atoms. The smallest absolute Gasteiger partial charge is 0.125 e. The van der Waals surface area contributed by atoms with Gasteiger partial charge in [0.05, 0.1) is 5.71 Å². The lowest BCUT2D eigenvalue weighted by molar-refractivity contribution is 0.318. The zero-order valence-electron chi connectivity index (χ0n) is 7.78. The first-order valence-electron chi connectivity index (χ1n) is 4.17. The Bertz CT molecular complexity index is 292. The molecular weight excluding hydrogens is 166 g/mol. The molecule has 70 valence electrons. The molecule has 0 aromatic carbocycles. The third-order valence-corrected chi connectivity index (χ3v) is 1.81. The molecule has 1 aromatic heterocycles. The van der Waals surface area contributed by atoms with Crippen molar-refractivity contribution in [2.45, 2.75) is 13.3 Å². The molecule has 4 nitrogen and oxygen atoms in total. The molecule has 1 aromatic rings. The molecule has 0 atom stereocenters. The number of aromatic nitrogens is 1. The van der Waals surface area contributed by atoms with E-state index in [-0.39, 0.29) is 0 Å². The fourth-order valence-electron chi connectivity index (χ4n) is 1.05. The maximum absolute atomic E-state index is 8.65. The standard InChI is InChI=1S/C9H13N3O/c1-3-8(12-13)7-4-5-9(10-2)11-6-7/h4-6,13H,3H2,1-2H3,(H,10,11)/b12-8+. The Labute approximate surface area is 77.3 Å². The van der Waals surface area contributed by atoms with Gasteiger partial charge >= 0.3 is 0 Å². The molecule has 0 spiro atoms. The first kappa shape index (κ1) is 9.51. The predicted octanol–water partition coefficient (Wildman–Crippen LogP) is 1.71. The van der Waals surface area contributed by atoms with Crippen molar-refractivity contribution in [3.8, 4) is 0 Å². The highest BCUT2D eigenvalue weighted by molar-refractivity contribution is 5.99.